The average Bonchev–Trinajstić information content (AvgIpc) is 2.06. The summed E-state index contributed by atoms with van der Waals surface area (Å²) in [4.78, 5) is 10.5. The van der Waals surface area contributed by atoms with Crippen molar-refractivity contribution >= 4 is 18.6 Å². The Balaban J connectivity index is 2.24. The minimum absolute atomic E-state index is 0.484. The molecule has 1 unspecified atom stereocenters. The molecule has 0 aromatic rings. The lowest BCUT2D eigenvalue weighted by molar-refractivity contribution is -0.136. The van der Waals surface area contributed by atoms with Gasteiger partial charge in [0.05, 0.1) is 5.25 Å². The molecule has 0 spiro atoms. The maximum absolute atomic E-state index is 10.5. The predicted molar refractivity (Wildman–Crippen MR) is 48.6 cm³/mol. The van der Waals surface area contributed by atoms with Crippen LogP contribution in [0.25, 0.3) is 0 Å². The lowest BCUT2D eigenvalue weighted by Gasteiger charge is -2.22. The highest BCUT2D eigenvalue weighted by Gasteiger charge is 2.20. The van der Waals surface area contributed by atoms with Gasteiger partial charge in [0.2, 0.25) is 0 Å². The summed E-state index contributed by atoms with van der Waals surface area (Å²) in [7, 11) is 0. The first-order valence-electron chi connectivity index (χ1n) is 4.18. The van der Waals surface area contributed by atoms with E-state index in [-0.39, 0.29) is 0 Å². The van der Waals surface area contributed by atoms with Gasteiger partial charge in [0.15, 0.2) is 0 Å². The molecule has 70 valence electrons. The van der Waals surface area contributed by atoms with E-state index in [1.165, 1.54) is 0 Å². The Morgan fingerprint density at radius 1 is 1.58 bits per heavy atom. The zero-order chi connectivity index (χ0) is 8.97. The first kappa shape index (κ1) is 9.86. The molecule has 1 aliphatic heterocycles. The smallest absolute Gasteiger partial charge is 0.316 e. The molecule has 3 nitrogen and oxygen atoms in total. The molecule has 1 rings (SSSR count). The molecule has 0 bridgehead atoms. The summed E-state index contributed by atoms with van der Waals surface area (Å²) in [6, 6.07) is 0. The van der Waals surface area contributed by atoms with E-state index in [0.717, 1.165) is 26.1 Å². The molecule has 1 atom stereocenters. The summed E-state index contributed by atoms with van der Waals surface area (Å²) < 4.78 is 5.17. The SMILES string of the molecule is O=C(O)C(S)CC1CCOCC1. The number of ether oxygens (including phenoxy) is 1. The summed E-state index contributed by atoms with van der Waals surface area (Å²) in [5.74, 6) is -0.331. The Bertz CT molecular complexity index is 154. The van der Waals surface area contributed by atoms with Crippen molar-refractivity contribution in [2.75, 3.05) is 13.2 Å². The van der Waals surface area contributed by atoms with Crippen molar-refractivity contribution in [1.82, 2.24) is 0 Å². The molecule has 1 N–H and O–H groups in total. The molecule has 4 heteroatoms. The third-order valence-corrected chi connectivity index (χ3v) is 2.61. The summed E-state index contributed by atoms with van der Waals surface area (Å²) in [6.45, 7) is 1.54. The number of hydrogen-bond acceptors (Lipinski definition) is 3. The second-order valence-electron chi connectivity index (χ2n) is 3.15. The lowest BCUT2D eigenvalue weighted by atomic mass is 9.95. The molecule has 1 heterocycles. The molecule has 0 aromatic heterocycles. The zero-order valence-electron chi connectivity index (χ0n) is 6.90. The molecular weight excluding hydrogens is 176 g/mol. The number of carboxylic acids is 1. The van der Waals surface area contributed by atoms with E-state index in [9.17, 15) is 4.79 Å². The van der Waals surface area contributed by atoms with Gasteiger partial charge in [-0.2, -0.15) is 12.6 Å². The van der Waals surface area contributed by atoms with Gasteiger partial charge < -0.3 is 9.84 Å². The number of carboxylic acid groups (broad SMARTS) is 1. The van der Waals surface area contributed by atoms with E-state index in [0.29, 0.717) is 12.3 Å². The molecule has 0 radical (unpaired) electrons. The molecule has 0 aliphatic carbocycles. The van der Waals surface area contributed by atoms with E-state index >= 15 is 0 Å². The van der Waals surface area contributed by atoms with Gasteiger partial charge in [0, 0.05) is 13.2 Å². The van der Waals surface area contributed by atoms with Gasteiger partial charge in [-0.3, -0.25) is 4.79 Å². The van der Waals surface area contributed by atoms with Gasteiger partial charge in [-0.1, -0.05) is 0 Å². The largest absolute Gasteiger partial charge is 0.480 e. The van der Waals surface area contributed by atoms with E-state index in [2.05, 4.69) is 12.6 Å². The van der Waals surface area contributed by atoms with Crippen LogP contribution in [0, 0.1) is 5.92 Å². The average molecular weight is 190 g/mol. The number of thiol groups is 1. The Kier molecular flexibility index (Phi) is 3.88. The van der Waals surface area contributed by atoms with Crippen molar-refractivity contribution in [3.63, 3.8) is 0 Å². The van der Waals surface area contributed by atoms with Crippen LogP contribution in [-0.2, 0) is 9.53 Å². The summed E-state index contributed by atoms with van der Waals surface area (Å²) >= 11 is 3.99. The molecule has 1 saturated heterocycles. The Hall–Kier alpha value is -0.220. The van der Waals surface area contributed by atoms with Gasteiger partial charge in [0.25, 0.3) is 0 Å². The molecule has 1 aliphatic rings. The lowest BCUT2D eigenvalue weighted by Crippen LogP contribution is -2.23. The van der Waals surface area contributed by atoms with E-state index in [4.69, 9.17) is 9.84 Å². The van der Waals surface area contributed by atoms with Crippen LogP contribution in [0.5, 0.6) is 0 Å². The van der Waals surface area contributed by atoms with Crippen LogP contribution in [0.15, 0.2) is 0 Å². The van der Waals surface area contributed by atoms with Gasteiger partial charge in [-0.15, -0.1) is 0 Å². The van der Waals surface area contributed by atoms with Gasteiger partial charge in [-0.25, -0.2) is 0 Å². The number of aliphatic carboxylic acids is 1. The predicted octanol–water partition coefficient (Wildman–Crippen LogP) is 1.19. The summed E-state index contributed by atoms with van der Waals surface area (Å²) in [5, 5.41) is 8.10. The molecule has 1 fully saturated rings. The highest BCUT2D eigenvalue weighted by atomic mass is 32.1. The fourth-order valence-corrected chi connectivity index (χ4v) is 1.70. The highest BCUT2D eigenvalue weighted by Crippen LogP contribution is 2.22. The maximum Gasteiger partial charge on any atom is 0.316 e. The number of carbonyl (C=O) groups is 1. The first-order chi connectivity index (χ1) is 5.70. The molecule has 0 saturated carbocycles. The third kappa shape index (κ3) is 3.03. The minimum Gasteiger partial charge on any atom is -0.480 e. The monoisotopic (exact) mass is 190 g/mol. The Morgan fingerprint density at radius 3 is 2.67 bits per heavy atom. The maximum atomic E-state index is 10.5. The first-order valence-corrected chi connectivity index (χ1v) is 4.70. The molecular formula is C8H14O3S. The van der Waals surface area contributed by atoms with Crippen molar-refractivity contribution in [2.24, 2.45) is 5.92 Å². The molecule has 0 aromatic carbocycles. The third-order valence-electron chi connectivity index (χ3n) is 2.18. The zero-order valence-corrected chi connectivity index (χ0v) is 7.80. The fourth-order valence-electron chi connectivity index (χ4n) is 1.40. The minimum atomic E-state index is -0.815. The quantitative estimate of drug-likeness (QED) is 0.657. The van der Waals surface area contributed by atoms with Crippen LogP contribution in [-0.4, -0.2) is 29.5 Å². The van der Waals surface area contributed by atoms with Crippen molar-refractivity contribution in [3.05, 3.63) is 0 Å². The van der Waals surface area contributed by atoms with Gasteiger partial charge in [0.1, 0.15) is 0 Å². The summed E-state index contributed by atoms with van der Waals surface area (Å²) in [5.41, 5.74) is 0. The fraction of sp³-hybridized carbons (Fsp3) is 0.875. The van der Waals surface area contributed by atoms with Crippen LogP contribution in [0.3, 0.4) is 0 Å². The van der Waals surface area contributed by atoms with Crippen molar-refractivity contribution in [2.45, 2.75) is 24.5 Å². The van der Waals surface area contributed by atoms with Gasteiger partial charge in [-0.05, 0) is 25.2 Å². The van der Waals surface area contributed by atoms with Crippen LogP contribution in [0.2, 0.25) is 0 Å². The normalized spacial score (nSPS) is 22.1. The van der Waals surface area contributed by atoms with Crippen molar-refractivity contribution < 1.29 is 14.6 Å². The Morgan fingerprint density at radius 2 is 2.17 bits per heavy atom. The number of rotatable bonds is 3. The summed E-state index contributed by atoms with van der Waals surface area (Å²) in [6.07, 6.45) is 2.62. The molecule has 0 amide bonds. The second-order valence-corrected chi connectivity index (χ2v) is 3.77. The van der Waals surface area contributed by atoms with Crippen molar-refractivity contribution in [3.8, 4) is 0 Å². The van der Waals surface area contributed by atoms with Crippen molar-refractivity contribution in [1.29, 1.82) is 0 Å². The van der Waals surface area contributed by atoms with E-state index < -0.39 is 11.2 Å². The van der Waals surface area contributed by atoms with E-state index in [1.54, 1.807) is 0 Å². The second kappa shape index (κ2) is 4.72. The topological polar surface area (TPSA) is 46.5 Å². The van der Waals surface area contributed by atoms with Crippen LogP contribution in [0.4, 0.5) is 0 Å². The van der Waals surface area contributed by atoms with Crippen LogP contribution >= 0.6 is 12.6 Å². The number of hydrogen-bond donors (Lipinski definition) is 2. The highest BCUT2D eigenvalue weighted by molar-refractivity contribution is 7.81. The molecule has 12 heavy (non-hydrogen) atoms. The van der Waals surface area contributed by atoms with E-state index in [1.807, 2.05) is 0 Å². The van der Waals surface area contributed by atoms with Crippen LogP contribution in [0.1, 0.15) is 19.3 Å². The standard InChI is InChI=1S/C8H14O3S/c9-8(10)7(12)5-6-1-3-11-4-2-6/h6-7,12H,1-5H2,(H,9,10). The Labute approximate surface area is 77.5 Å². The van der Waals surface area contributed by atoms with Crippen LogP contribution < -0.4 is 0 Å². The van der Waals surface area contributed by atoms with Gasteiger partial charge >= 0.3 is 5.97 Å².